The summed E-state index contributed by atoms with van der Waals surface area (Å²) in [6, 6.07) is 30.8. The van der Waals surface area contributed by atoms with Gasteiger partial charge in [0.15, 0.2) is 0 Å². The van der Waals surface area contributed by atoms with Crippen LogP contribution in [0, 0.1) is 13.8 Å². The van der Waals surface area contributed by atoms with E-state index in [4.69, 9.17) is 0 Å². The van der Waals surface area contributed by atoms with Crippen molar-refractivity contribution >= 4 is 21.7 Å². The molecule has 0 aliphatic rings. The van der Waals surface area contributed by atoms with Crippen molar-refractivity contribution in [3.63, 3.8) is 0 Å². The first-order valence-corrected chi connectivity index (χ1v) is 13.1. The molecule has 3 N–H and O–H groups in total. The van der Waals surface area contributed by atoms with Crippen molar-refractivity contribution < 1.29 is 13.2 Å². The summed E-state index contributed by atoms with van der Waals surface area (Å²) < 4.78 is 29.7. The first-order chi connectivity index (χ1) is 17.3. The molecule has 0 aliphatic carbocycles. The van der Waals surface area contributed by atoms with E-state index in [2.05, 4.69) is 15.4 Å². The van der Waals surface area contributed by atoms with Crippen molar-refractivity contribution in [1.82, 2.24) is 10.0 Å². The lowest BCUT2D eigenvalue weighted by molar-refractivity contribution is 0.245. The number of anilines is 1. The van der Waals surface area contributed by atoms with E-state index in [0.717, 1.165) is 22.3 Å². The zero-order valence-electron chi connectivity index (χ0n) is 20.2. The first kappa shape index (κ1) is 25.2. The van der Waals surface area contributed by atoms with Gasteiger partial charge in [0.25, 0.3) is 0 Å². The Morgan fingerprint density at radius 3 is 1.64 bits per heavy atom. The number of hydrogen-bond acceptors (Lipinski definition) is 3. The molecule has 0 aromatic heterocycles. The second kappa shape index (κ2) is 11.2. The summed E-state index contributed by atoms with van der Waals surface area (Å²) in [6.07, 6.45) is 0. The quantitative estimate of drug-likeness (QED) is 0.283. The van der Waals surface area contributed by atoms with Crippen LogP contribution >= 0.6 is 0 Å². The summed E-state index contributed by atoms with van der Waals surface area (Å²) in [7, 11) is -3.90. The lowest BCUT2D eigenvalue weighted by Crippen LogP contribution is -2.42. The summed E-state index contributed by atoms with van der Waals surface area (Å²) >= 11 is 0. The smallest absolute Gasteiger partial charge is 0.319 e. The molecule has 0 heterocycles. The minimum absolute atomic E-state index is 0.157. The van der Waals surface area contributed by atoms with Crippen LogP contribution in [0.1, 0.15) is 34.3 Å². The third-order valence-corrected chi connectivity index (χ3v) is 7.32. The van der Waals surface area contributed by atoms with Crippen LogP contribution in [0.3, 0.4) is 0 Å². The fourth-order valence-corrected chi connectivity index (χ4v) is 5.14. The second-order valence-electron chi connectivity index (χ2n) is 8.68. The number of nitrogens with one attached hydrogen (secondary N) is 3. The molecule has 0 fully saturated rings. The van der Waals surface area contributed by atoms with Crippen LogP contribution in [-0.2, 0) is 10.0 Å². The maximum absolute atomic E-state index is 13.4. The van der Waals surface area contributed by atoms with E-state index in [-0.39, 0.29) is 4.90 Å². The Bertz CT molecular complexity index is 1390. The minimum Gasteiger partial charge on any atom is -0.329 e. The van der Waals surface area contributed by atoms with Gasteiger partial charge in [-0.25, -0.2) is 17.9 Å². The Morgan fingerprint density at radius 2 is 1.11 bits per heavy atom. The molecule has 0 spiro atoms. The lowest BCUT2D eigenvalue weighted by atomic mass is 9.94. The predicted molar refractivity (Wildman–Crippen MR) is 143 cm³/mol. The Balaban J connectivity index is 1.70. The molecule has 0 saturated heterocycles. The Kier molecular flexibility index (Phi) is 7.83. The molecular formula is C29H29N3O3S. The molecule has 0 saturated carbocycles. The van der Waals surface area contributed by atoms with Gasteiger partial charge in [-0.1, -0.05) is 96.1 Å². The Hall–Kier alpha value is -3.94. The molecule has 7 heteroatoms. The van der Waals surface area contributed by atoms with Gasteiger partial charge in [-0.2, -0.15) is 0 Å². The number of carbonyl (C=O) groups excluding carboxylic acids is 1. The molecule has 4 aromatic carbocycles. The zero-order valence-corrected chi connectivity index (χ0v) is 21.0. The van der Waals surface area contributed by atoms with E-state index >= 15 is 0 Å². The molecule has 4 rings (SSSR count). The Labute approximate surface area is 212 Å². The number of rotatable bonds is 8. The number of carbonyl (C=O) groups is 1. The van der Waals surface area contributed by atoms with Gasteiger partial charge in [-0.15, -0.1) is 0 Å². The highest BCUT2D eigenvalue weighted by molar-refractivity contribution is 7.89. The maximum atomic E-state index is 13.4. The van der Waals surface area contributed by atoms with Crippen LogP contribution in [0.5, 0.6) is 0 Å². The van der Waals surface area contributed by atoms with Crippen molar-refractivity contribution in [1.29, 1.82) is 0 Å². The highest BCUT2D eigenvalue weighted by Crippen LogP contribution is 2.31. The average molecular weight is 500 g/mol. The number of hydrogen-bond donors (Lipinski definition) is 3. The van der Waals surface area contributed by atoms with E-state index in [1.54, 1.807) is 24.3 Å². The Morgan fingerprint density at radius 1 is 0.639 bits per heavy atom. The molecule has 184 valence electrons. The van der Waals surface area contributed by atoms with Gasteiger partial charge in [-0.3, -0.25) is 0 Å². The van der Waals surface area contributed by atoms with Crippen molar-refractivity contribution in [2.45, 2.75) is 30.8 Å². The van der Waals surface area contributed by atoms with Crippen LogP contribution in [0.4, 0.5) is 10.5 Å². The highest BCUT2D eigenvalue weighted by atomic mass is 32.2. The summed E-state index contributed by atoms with van der Waals surface area (Å²) in [4.78, 5) is 13.2. The lowest BCUT2D eigenvalue weighted by Gasteiger charge is -2.30. The van der Waals surface area contributed by atoms with Gasteiger partial charge in [0.1, 0.15) is 0 Å². The van der Waals surface area contributed by atoms with Gasteiger partial charge in [-0.05, 0) is 49.2 Å². The summed E-state index contributed by atoms with van der Waals surface area (Å²) in [5.41, 5.74) is 4.17. The second-order valence-corrected chi connectivity index (χ2v) is 10.4. The number of sulfonamides is 1. The molecule has 4 aromatic rings. The number of amides is 2. The molecule has 2 atom stereocenters. The standard InChI is InChI=1S/C29H29N3O3S/c1-21-13-17-25(18-14-21)30-29(33)31-27(23-9-5-3-6-10-23)28(24-11-7-4-8-12-24)32-36(34,35)26-19-15-22(2)16-20-26/h3-20,27-28,32H,1-2H3,(H2,30,31,33). The van der Waals surface area contributed by atoms with E-state index in [1.165, 1.54) is 0 Å². The number of aryl methyl sites for hydroxylation is 2. The van der Waals surface area contributed by atoms with Crippen LogP contribution in [0.25, 0.3) is 0 Å². The van der Waals surface area contributed by atoms with E-state index < -0.39 is 28.1 Å². The van der Waals surface area contributed by atoms with E-state index in [1.807, 2.05) is 98.8 Å². The summed E-state index contributed by atoms with van der Waals surface area (Å²) in [6.45, 7) is 3.87. The highest BCUT2D eigenvalue weighted by Gasteiger charge is 2.31. The average Bonchev–Trinajstić information content (AvgIpc) is 2.89. The topological polar surface area (TPSA) is 87.3 Å². The number of urea groups is 1. The maximum Gasteiger partial charge on any atom is 0.319 e. The fraction of sp³-hybridized carbons (Fsp3) is 0.138. The van der Waals surface area contributed by atoms with Gasteiger partial charge < -0.3 is 10.6 Å². The van der Waals surface area contributed by atoms with Crippen LogP contribution < -0.4 is 15.4 Å². The van der Waals surface area contributed by atoms with Gasteiger partial charge >= 0.3 is 6.03 Å². The van der Waals surface area contributed by atoms with Gasteiger partial charge in [0, 0.05) is 5.69 Å². The minimum atomic E-state index is -3.90. The number of benzene rings is 4. The van der Waals surface area contributed by atoms with Crippen LogP contribution in [-0.4, -0.2) is 14.4 Å². The molecule has 6 nitrogen and oxygen atoms in total. The molecule has 0 radical (unpaired) electrons. The molecule has 2 unspecified atom stereocenters. The third-order valence-electron chi connectivity index (χ3n) is 5.86. The van der Waals surface area contributed by atoms with Crippen molar-refractivity contribution in [3.05, 3.63) is 131 Å². The normalized spacial score (nSPS) is 12.9. The molecular weight excluding hydrogens is 470 g/mol. The summed E-state index contributed by atoms with van der Waals surface area (Å²) in [5.74, 6) is 0. The molecule has 0 bridgehead atoms. The monoisotopic (exact) mass is 499 g/mol. The van der Waals surface area contributed by atoms with Crippen LogP contribution in [0.15, 0.2) is 114 Å². The predicted octanol–water partition coefficient (Wildman–Crippen LogP) is 5.89. The summed E-state index contributed by atoms with van der Waals surface area (Å²) in [5, 5.41) is 5.85. The molecule has 0 aliphatic heterocycles. The zero-order chi connectivity index (χ0) is 25.5. The van der Waals surface area contributed by atoms with Crippen molar-refractivity contribution in [2.75, 3.05) is 5.32 Å². The van der Waals surface area contributed by atoms with E-state index in [0.29, 0.717) is 5.69 Å². The largest absolute Gasteiger partial charge is 0.329 e. The SMILES string of the molecule is Cc1ccc(NC(=O)NC(c2ccccc2)C(NS(=O)(=O)c2ccc(C)cc2)c2ccccc2)cc1. The first-order valence-electron chi connectivity index (χ1n) is 11.6. The molecule has 2 amide bonds. The fourth-order valence-electron chi connectivity index (χ4n) is 3.91. The van der Waals surface area contributed by atoms with Crippen molar-refractivity contribution in [3.8, 4) is 0 Å². The van der Waals surface area contributed by atoms with Crippen molar-refractivity contribution in [2.24, 2.45) is 0 Å². The van der Waals surface area contributed by atoms with Gasteiger partial charge in [0.05, 0.1) is 17.0 Å². The van der Waals surface area contributed by atoms with Gasteiger partial charge in [0.2, 0.25) is 10.0 Å². The van der Waals surface area contributed by atoms with E-state index in [9.17, 15) is 13.2 Å². The van der Waals surface area contributed by atoms with Crippen LogP contribution in [0.2, 0.25) is 0 Å². The third kappa shape index (κ3) is 6.38. The molecule has 36 heavy (non-hydrogen) atoms.